The first-order chi connectivity index (χ1) is 18.2. The summed E-state index contributed by atoms with van der Waals surface area (Å²) in [7, 11) is 0. The second kappa shape index (κ2) is 10.2. The molecular formula is C29H26N4O3S. The molecule has 7 nitrogen and oxygen atoms in total. The highest BCUT2D eigenvalue weighted by Crippen LogP contribution is 2.39. The van der Waals surface area contributed by atoms with E-state index in [1.165, 1.54) is 19.3 Å². The molecular weight excluding hydrogens is 484 g/mol. The quantitative estimate of drug-likeness (QED) is 0.304. The van der Waals surface area contributed by atoms with Crippen LogP contribution < -0.4 is 10.1 Å². The van der Waals surface area contributed by atoms with Crippen LogP contribution in [0.4, 0.5) is 4.79 Å². The first-order valence-electron chi connectivity index (χ1n) is 12.5. The summed E-state index contributed by atoms with van der Waals surface area (Å²) in [5, 5.41) is 6.65. The fourth-order valence-corrected chi connectivity index (χ4v) is 5.77. The van der Waals surface area contributed by atoms with Crippen LogP contribution in [0, 0.1) is 0 Å². The van der Waals surface area contributed by atoms with Gasteiger partial charge in [-0.25, -0.2) is 9.50 Å². The van der Waals surface area contributed by atoms with Crippen molar-refractivity contribution in [3.63, 3.8) is 0 Å². The van der Waals surface area contributed by atoms with Crippen molar-refractivity contribution in [1.82, 2.24) is 19.9 Å². The van der Waals surface area contributed by atoms with E-state index in [1.807, 2.05) is 41.0 Å². The Morgan fingerprint density at radius 3 is 2.51 bits per heavy atom. The lowest BCUT2D eigenvalue weighted by molar-refractivity contribution is -0.115. The molecule has 1 aliphatic heterocycles. The van der Waals surface area contributed by atoms with E-state index in [-0.39, 0.29) is 11.1 Å². The number of thioether (sulfide) groups is 1. The van der Waals surface area contributed by atoms with Crippen molar-refractivity contribution >= 4 is 34.6 Å². The SMILES string of the molecule is O=C1NC(=O)C(=Cc2cnn3c(C4CCCCC4)c(-c4ccc(OCc5ccccc5)cc4)cnc23)S1. The van der Waals surface area contributed by atoms with Gasteiger partial charge < -0.3 is 4.74 Å². The van der Waals surface area contributed by atoms with Crippen LogP contribution in [-0.4, -0.2) is 25.7 Å². The second-order valence-corrected chi connectivity index (χ2v) is 10.4. The van der Waals surface area contributed by atoms with Crippen LogP contribution in [-0.2, 0) is 11.4 Å². The van der Waals surface area contributed by atoms with Crippen molar-refractivity contribution in [3.05, 3.63) is 88.7 Å². The number of rotatable bonds is 6. The van der Waals surface area contributed by atoms with Gasteiger partial charge in [0.15, 0.2) is 5.65 Å². The van der Waals surface area contributed by atoms with E-state index in [1.54, 1.807) is 12.3 Å². The number of amides is 2. The Kier molecular flexibility index (Phi) is 6.49. The predicted molar refractivity (Wildman–Crippen MR) is 144 cm³/mol. The van der Waals surface area contributed by atoms with Crippen LogP contribution in [0.1, 0.15) is 54.8 Å². The minimum absolute atomic E-state index is 0.357. The molecule has 2 aromatic carbocycles. The van der Waals surface area contributed by atoms with Crippen LogP contribution in [0.25, 0.3) is 22.9 Å². The van der Waals surface area contributed by atoms with Gasteiger partial charge in [-0.1, -0.05) is 61.7 Å². The average molecular weight is 511 g/mol. The van der Waals surface area contributed by atoms with E-state index >= 15 is 0 Å². The van der Waals surface area contributed by atoms with E-state index in [9.17, 15) is 9.59 Å². The summed E-state index contributed by atoms with van der Waals surface area (Å²) < 4.78 is 7.91. The number of carbonyl (C=O) groups excluding carboxylic acids is 2. The molecule has 1 aliphatic carbocycles. The van der Waals surface area contributed by atoms with Gasteiger partial charge in [-0.2, -0.15) is 5.10 Å². The minimum atomic E-state index is -0.381. The average Bonchev–Trinajstić information content (AvgIpc) is 3.49. The molecule has 1 saturated carbocycles. The number of aromatic nitrogens is 3. The van der Waals surface area contributed by atoms with Gasteiger partial charge in [-0.05, 0) is 53.9 Å². The van der Waals surface area contributed by atoms with Crippen molar-refractivity contribution in [2.75, 3.05) is 0 Å². The summed E-state index contributed by atoms with van der Waals surface area (Å²) in [6.45, 7) is 0.522. The normalized spacial score (nSPS) is 17.5. The molecule has 37 heavy (non-hydrogen) atoms. The summed E-state index contributed by atoms with van der Waals surface area (Å²) in [6.07, 6.45) is 11.2. The third-order valence-electron chi connectivity index (χ3n) is 6.93. The first kappa shape index (κ1) is 23.5. The topological polar surface area (TPSA) is 85.6 Å². The van der Waals surface area contributed by atoms with Crippen LogP contribution >= 0.6 is 11.8 Å². The van der Waals surface area contributed by atoms with E-state index in [0.29, 0.717) is 23.1 Å². The van der Waals surface area contributed by atoms with Gasteiger partial charge in [-0.15, -0.1) is 0 Å². The lowest BCUT2D eigenvalue weighted by Crippen LogP contribution is -2.17. The Morgan fingerprint density at radius 1 is 1.00 bits per heavy atom. The Hall–Kier alpha value is -3.91. The summed E-state index contributed by atoms with van der Waals surface area (Å²) in [6, 6.07) is 18.3. The largest absolute Gasteiger partial charge is 0.489 e. The number of nitrogens with zero attached hydrogens (tertiary/aromatic N) is 3. The summed E-state index contributed by atoms with van der Waals surface area (Å²) in [5.41, 5.74) is 5.80. The van der Waals surface area contributed by atoms with Gasteiger partial charge in [0.2, 0.25) is 0 Å². The number of hydrogen-bond donors (Lipinski definition) is 1. The minimum Gasteiger partial charge on any atom is -0.489 e. The highest BCUT2D eigenvalue weighted by molar-refractivity contribution is 8.18. The Bertz CT molecular complexity index is 1490. The molecule has 1 N–H and O–H groups in total. The van der Waals surface area contributed by atoms with E-state index in [0.717, 1.165) is 58.3 Å². The van der Waals surface area contributed by atoms with Gasteiger partial charge in [-0.3, -0.25) is 14.9 Å². The molecule has 0 atom stereocenters. The number of hydrogen-bond acceptors (Lipinski definition) is 6. The molecule has 0 spiro atoms. The lowest BCUT2D eigenvalue weighted by Gasteiger charge is -2.25. The van der Waals surface area contributed by atoms with Gasteiger partial charge in [0.1, 0.15) is 12.4 Å². The highest BCUT2D eigenvalue weighted by atomic mass is 32.2. The number of ether oxygens (including phenoxy) is 1. The maximum Gasteiger partial charge on any atom is 0.290 e. The van der Waals surface area contributed by atoms with Crippen LogP contribution in [0.15, 0.2) is 71.9 Å². The van der Waals surface area contributed by atoms with Crippen molar-refractivity contribution < 1.29 is 14.3 Å². The molecule has 8 heteroatoms. The van der Waals surface area contributed by atoms with Crippen LogP contribution in [0.3, 0.4) is 0 Å². The molecule has 0 bridgehead atoms. The van der Waals surface area contributed by atoms with Gasteiger partial charge in [0, 0.05) is 23.2 Å². The summed E-state index contributed by atoms with van der Waals surface area (Å²) in [5.74, 6) is 0.804. The zero-order chi connectivity index (χ0) is 25.2. The van der Waals surface area contributed by atoms with Crippen molar-refractivity contribution in [2.24, 2.45) is 0 Å². The number of imide groups is 1. The molecule has 2 aromatic heterocycles. The van der Waals surface area contributed by atoms with Crippen LogP contribution in [0.2, 0.25) is 0 Å². The number of fused-ring (bicyclic) bond motifs is 1. The van der Waals surface area contributed by atoms with Gasteiger partial charge in [0.25, 0.3) is 11.1 Å². The molecule has 2 aliphatic rings. The maximum atomic E-state index is 12.1. The van der Waals surface area contributed by atoms with E-state index in [2.05, 4.69) is 29.6 Å². The van der Waals surface area contributed by atoms with Gasteiger partial charge >= 0.3 is 0 Å². The van der Waals surface area contributed by atoms with Gasteiger partial charge in [0.05, 0.1) is 16.8 Å². The third kappa shape index (κ3) is 4.89. The van der Waals surface area contributed by atoms with E-state index in [4.69, 9.17) is 14.8 Å². The van der Waals surface area contributed by atoms with Crippen molar-refractivity contribution in [1.29, 1.82) is 0 Å². The number of carbonyl (C=O) groups is 2. The maximum absolute atomic E-state index is 12.1. The number of nitrogens with one attached hydrogen (secondary N) is 1. The molecule has 6 rings (SSSR count). The van der Waals surface area contributed by atoms with E-state index < -0.39 is 0 Å². The number of benzene rings is 2. The summed E-state index contributed by atoms with van der Waals surface area (Å²) in [4.78, 5) is 28.8. The molecule has 4 aromatic rings. The molecule has 2 fully saturated rings. The molecule has 2 amide bonds. The molecule has 0 radical (unpaired) electrons. The zero-order valence-electron chi connectivity index (χ0n) is 20.2. The fraction of sp³-hybridized carbons (Fsp3) is 0.241. The second-order valence-electron chi connectivity index (χ2n) is 9.38. The Morgan fingerprint density at radius 2 is 1.78 bits per heavy atom. The third-order valence-corrected chi connectivity index (χ3v) is 7.74. The van der Waals surface area contributed by atoms with Crippen molar-refractivity contribution in [2.45, 2.75) is 44.6 Å². The summed E-state index contributed by atoms with van der Waals surface area (Å²) >= 11 is 0.901. The first-order valence-corrected chi connectivity index (χ1v) is 13.4. The molecule has 0 unspecified atom stereocenters. The predicted octanol–water partition coefficient (Wildman–Crippen LogP) is 6.35. The zero-order valence-corrected chi connectivity index (χ0v) is 21.0. The Labute approximate surface area is 218 Å². The van der Waals surface area contributed by atoms with Crippen molar-refractivity contribution in [3.8, 4) is 16.9 Å². The monoisotopic (exact) mass is 510 g/mol. The lowest BCUT2D eigenvalue weighted by atomic mass is 9.84. The highest BCUT2D eigenvalue weighted by Gasteiger charge is 2.27. The van der Waals surface area contributed by atoms with Crippen LogP contribution in [0.5, 0.6) is 5.75 Å². The Balaban J connectivity index is 1.35. The standard InChI is InChI=1S/C29H26N4O3S/c34-28-25(37-29(35)32-28)15-22-16-31-33-26(21-9-5-2-6-10-21)24(17-30-27(22)33)20-11-13-23(14-12-20)36-18-19-7-3-1-4-8-19/h1,3-4,7-8,11-17,21H,2,5-6,9-10,18H2,(H,32,34,35). The molecule has 186 valence electrons. The molecule has 1 saturated heterocycles. The molecule has 3 heterocycles. The fourth-order valence-electron chi connectivity index (χ4n) is 5.09. The smallest absolute Gasteiger partial charge is 0.290 e.